The second kappa shape index (κ2) is 4.25. The highest BCUT2D eigenvalue weighted by Gasteiger charge is 2.22. The first-order valence-corrected chi connectivity index (χ1v) is 7.29. The highest BCUT2D eigenvalue weighted by atomic mass is 35.5. The molecule has 0 nitrogen and oxygen atoms in total. The number of hydrogen-bond donors (Lipinski definition) is 0. The van der Waals surface area contributed by atoms with Crippen LogP contribution in [-0.2, 0) is 12.8 Å². The molecule has 1 heteroatoms. The molecule has 0 bridgehead atoms. The maximum absolute atomic E-state index is 6.19. The van der Waals surface area contributed by atoms with Gasteiger partial charge in [-0.05, 0) is 65.2 Å². The highest BCUT2D eigenvalue weighted by Crippen LogP contribution is 2.40. The van der Waals surface area contributed by atoms with Gasteiger partial charge in [0.2, 0.25) is 0 Å². The number of halogens is 1. The molecule has 0 amide bonds. The number of hydrogen-bond acceptors (Lipinski definition) is 0. The van der Waals surface area contributed by atoms with Gasteiger partial charge in [0.05, 0.1) is 0 Å². The molecular formula is C18H15Cl. The van der Waals surface area contributed by atoms with E-state index in [-0.39, 0.29) is 0 Å². The van der Waals surface area contributed by atoms with Gasteiger partial charge < -0.3 is 0 Å². The maximum atomic E-state index is 6.19. The average Bonchev–Trinajstić information content (AvgIpc) is 2.46. The standard InChI is InChI=1S/C18H15Cl/c19-14-8-5-13-7-9-16-15-4-2-1-3-12(15)6-10-17(16)18(13)11-14/h1,3,6-8,10-11H,2,4-5,9H2. The minimum atomic E-state index is 0.873. The quantitative estimate of drug-likeness (QED) is 0.617. The summed E-state index contributed by atoms with van der Waals surface area (Å²) >= 11 is 6.19. The maximum Gasteiger partial charge on any atom is 0.0375 e. The summed E-state index contributed by atoms with van der Waals surface area (Å²) < 4.78 is 0. The van der Waals surface area contributed by atoms with Crippen LogP contribution in [0.1, 0.15) is 35.1 Å². The Morgan fingerprint density at radius 1 is 1.00 bits per heavy atom. The van der Waals surface area contributed by atoms with E-state index in [2.05, 4.69) is 42.5 Å². The molecule has 0 spiro atoms. The summed E-state index contributed by atoms with van der Waals surface area (Å²) in [6, 6.07) is 4.54. The summed E-state index contributed by atoms with van der Waals surface area (Å²) in [7, 11) is 0. The first kappa shape index (κ1) is 11.3. The molecule has 0 heterocycles. The molecule has 94 valence electrons. The van der Waals surface area contributed by atoms with Crippen LogP contribution in [0.25, 0.3) is 11.6 Å². The molecule has 0 atom stereocenters. The molecule has 3 aliphatic carbocycles. The van der Waals surface area contributed by atoms with Crippen molar-refractivity contribution in [2.45, 2.75) is 25.7 Å². The van der Waals surface area contributed by atoms with Gasteiger partial charge >= 0.3 is 0 Å². The molecular weight excluding hydrogens is 252 g/mol. The third-order valence-corrected chi connectivity index (χ3v) is 4.58. The van der Waals surface area contributed by atoms with E-state index in [9.17, 15) is 0 Å². The minimum Gasteiger partial charge on any atom is -0.0847 e. The molecule has 0 fully saturated rings. The Bertz CT molecular complexity index is 684. The molecule has 0 aromatic heterocycles. The number of rotatable bonds is 0. The van der Waals surface area contributed by atoms with E-state index in [1.807, 2.05) is 0 Å². The lowest BCUT2D eigenvalue weighted by atomic mass is 9.78. The molecule has 0 saturated carbocycles. The van der Waals surface area contributed by atoms with Crippen molar-refractivity contribution < 1.29 is 0 Å². The zero-order valence-electron chi connectivity index (χ0n) is 10.7. The van der Waals surface area contributed by atoms with Crippen molar-refractivity contribution in [3.8, 4) is 0 Å². The van der Waals surface area contributed by atoms with Gasteiger partial charge in [0.25, 0.3) is 0 Å². The van der Waals surface area contributed by atoms with Crippen LogP contribution in [-0.4, -0.2) is 0 Å². The fraction of sp³-hybridized carbons (Fsp3) is 0.222. The topological polar surface area (TPSA) is 0 Å². The van der Waals surface area contributed by atoms with E-state index < -0.39 is 0 Å². The smallest absolute Gasteiger partial charge is 0.0375 e. The Labute approximate surface area is 118 Å². The van der Waals surface area contributed by atoms with Gasteiger partial charge in [-0.1, -0.05) is 48.0 Å². The molecule has 19 heavy (non-hydrogen) atoms. The SMILES string of the molecule is ClC1=CCC2=CCc3c(ccc4c3CCC=C4)C2=C1. The van der Waals surface area contributed by atoms with E-state index in [0.29, 0.717) is 0 Å². The van der Waals surface area contributed by atoms with Crippen LogP contribution in [0.4, 0.5) is 0 Å². The molecule has 0 radical (unpaired) electrons. The molecule has 4 rings (SSSR count). The lowest BCUT2D eigenvalue weighted by Gasteiger charge is -2.26. The van der Waals surface area contributed by atoms with Crippen LogP contribution in [0.3, 0.4) is 0 Å². The van der Waals surface area contributed by atoms with Gasteiger partial charge in [-0.3, -0.25) is 0 Å². The molecule has 0 unspecified atom stereocenters. The Morgan fingerprint density at radius 2 is 1.95 bits per heavy atom. The summed E-state index contributed by atoms with van der Waals surface area (Å²) in [5, 5.41) is 0.873. The van der Waals surface area contributed by atoms with Crippen molar-refractivity contribution in [3.05, 3.63) is 69.3 Å². The Hall–Kier alpha value is -1.53. The van der Waals surface area contributed by atoms with Crippen molar-refractivity contribution >= 4 is 23.3 Å². The highest BCUT2D eigenvalue weighted by molar-refractivity contribution is 6.32. The molecule has 3 aliphatic rings. The summed E-state index contributed by atoms with van der Waals surface area (Å²) in [5.41, 5.74) is 8.64. The third kappa shape index (κ3) is 1.74. The van der Waals surface area contributed by atoms with Gasteiger partial charge in [-0.15, -0.1) is 0 Å². The Balaban J connectivity index is 1.94. The fourth-order valence-electron chi connectivity index (χ4n) is 3.36. The predicted octanol–water partition coefficient (Wildman–Crippen LogP) is 5.04. The van der Waals surface area contributed by atoms with E-state index in [0.717, 1.165) is 17.9 Å². The van der Waals surface area contributed by atoms with Crippen molar-refractivity contribution in [2.24, 2.45) is 0 Å². The number of allylic oxidation sites excluding steroid dienone is 7. The van der Waals surface area contributed by atoms with Crippen LogP contribution in [0.5, 0.6) is 0 Å². The van der Waals surface area contributed by atoms with Crippen LogP contribution < -0.4 is 0 Å². The molecule has 1 aromatic rings. The summed E-state index contributed by atoms with van der Waals surface area (Å²) in [4.78, 5) is 0. The lowest BCUT2D eigenvalue weighted by Crippen LogP contribution is -2.10. The summed E-state index contributed by atoms with van der Waals surface area (Å²) in [6.45, 7) is 0. The number of fused-ring (bicyclic) bond motifs is 5. The van der Waals surface area contributed by atoms with Crippen LogP contribution in [0.15, 0.2) is 47.0 Å². The second-order valence-electron chi connectivity index (χ2n) is 5.39. The first-order chi connectivity index (χ1) is 9.33. The molecule has 0 N–H and O–H groups in total. The van der Waals surface area contributed by atoms with E-state index in [1.165, 1.54) is 40.7 Å². The van der Waals surface area contributed by atoms with Crippen molar-refractivity contribution in [3.63, 3.8) is 0 Å². The predicted molar refractivity (Wildman–Crippen MR) is 82.1 cm³/mol. The Kier molecular flexibility index (Phi) is 2.53. The average molecular weight is 267 g/mol. The first-order valence-electron chi connectivity index (χ1n) is 6.91. The van der Waals surface area contributed by atoms with Gasteiger partial charge in [0.1, 0.15) is 0 Å². The second-order valence-corrected chi connectivity index (χ2v) is 5.82. The molecule has 1 aromatic carbocycles. The summed E-state index contributed by atoms with van der Waals surface area (Å²) in [6.07, 6.45) is 15.5. The van der Waals surface area contributed by atoms with E-state index >= 15 is 0 Å². The van der Waals surface area contributed by atoms with Gasteiger partial charge in [0, 0.05) is 5.03 Å². The third-order valence-electron chi connectivity index (χ3n) is 4.31. The van der Waals surface area contributed by atoms with Crippen molar-refractivity contribution in [2.75, 3.05) is 0 Å². The number of benzene rings is 1. The van der Waals surface area contributed by atoms with Crippen molar-refractivity contribution in [1.29, 1.82) is 0 Å². The van der Waals surface area contributed by atoms with Gasteiger partial charge in [-0.2, -0.15) is 0 Å². The van der Waals surface area contributed by atoms with Crippen LogP contribution in [0.2, 0.25) is 0 Å². The lowest BCUT2D eigenvalue weighted by molar-refractivity contribution is 0.950. The van der Waals surface area contributed by atoms with E-state index in [4.69, 9.17) is 11.6 Å². The Morgan fingerprint density at radius 3 is 2.89 bits per heavy atom. The van der Waals surface area contributed by atoms with Crippen LogP contribution in [0, 0.1) is 0 Å². The van der Waals surface area contributed by atoms with Gasteiger partial charge in [-0.25, -0.2) is 0 Å². The van der Waals surface area contributed by atoms with Crippen LogP contribution >= 0.6 is 11.6 Å². The van der Waals surface area contributed by atoms with E-state index in [1.54, 1.807) is 5.56 Å². The minimum absolute atomic E-state index is 0.873. The largest absolute Gasteiger partial charge is 0.0847 e. The van der Waals surface area contributed by atoms with Gasteiger partial charge in [0.15, 0.2) is 0 Å². The zero-order chi connectivity index (χ0) is 12.8. The normalized spacial score (nSPS) is 19.7. The molecule has 0 aliphatic heterocycles. The van der Waals surface area contributed by atoms with Crippen molar-refractivity contribution in [1.82, 2.24) is 0 Å². The monoisotopic (exact) mass is 266 g/mol. The molecule has 0 saturated heterocycles. The zero-order valence-corrected chi connectivity index (χ0v) is 11.5. The summed E-state index contributed by atoms with van der Waals surface area (Å²) in [5.74, 6) is 0. The fourth-order valence-corrected chi connectivity index (χ4v) is 3.55.